The Hall–Kier alpha value is -1.36. The van der Waals surface area contributed by atoms with E-state index in [1.54, 1.807) is 13.2 Å². The summed E-state index contributed by atoms with van der Waals surface area (Å²) >= 11 is 0. The number of fused-ring (bicyclic) bond motifs is 1. The molecule has 1 heterocycles. The molecular formula is C10H12N2O2S. The number of hydrogen-bond acceptors (Lipinski definition) is 3. The molecule has 0 spiro atoms. The van der Waals surface area contributed by atoms with E-state index in [4.69, 9.17) is 10.5 Å². The molecule has 1 aromatic carbocycles. The van der Waals surface area contributed by atoms with Crippen LogP contribution in [0.15, 0.2) is 21.4 Å². The molecular weight excluding hydrogens is 212 g/mol. The molecule has 1 aliphatic heterocycles. The van der Waals surface area contributed by atoms with E-state index in [9.17, 15) is 4.21 Å². The van der Waals surface area contributed by atoms with Crippen LogP contribution in [0.5, 0.6) is 5.75 Å². The number of nitrogens with two attached hydrogens (primary N) is 1. The van der Waals surface area contributed by atoms with E-state index < -0.39 is 11.0 Å². The van der Waals surface area contributed by atoms with Crippen LogP contribution in [0.4, 0.5) is 0 Å². The van der Waals surface area contributed by atoms with Crippen molar-refractivity contribution < 1.29 is 8.95 Å². The van der Waals surface area contributed by atoms with Crippen LogP contribution in [-0.4, -0.2) is 17.2 Å². The minimum absolute atomic E-state index is 0.301. The van der Waals surface area contributed by atoms with Crippen LogP contribution in [0.3, 0.4) is 0 Å². The van der Waals surface area contributed by atoms with Gasteiger partial charge in [0.2, 0.25) is 0 Å². The number of methoxy groups -OCH3 is 1. The van der Waals surface area contributed by atoms with Crippen molar-refractivity contribution in [2.24, 2.45) is 10.1 Å². The molecule has 0 saturated heterocycles. The first-order valence-electron chi connectivity index (χ1n) is 4.65. The van der Waals surface area contributed by atoms with Gasteiger partial charge in [-0.1, -0.05) is 13.0 Å². The lowest BCUT2D eigenvalue weighted by atomic mass is 10.1. The van der Waals surface area contributed by atoms with Crippen molar-refractivity contribution in [1.82, 2.24) is 0 Å². The molecule has 0 bridgehead atoms. The number of amidine groups is 1. The molecule has 1 atom stereocenters. The quantitative estimate of drug-likeness (QED) is 0.815. The SMILES string of the molecule is CCc1ccc2c(c1OC)C(N)=NS2=O. The lowest BCUT2D eigenvalue weighted by molar-refractivity contribution is 0.408. The monoisotopic (exact) mass is 224 g/mol. The molecule has 2 rings (SSSR count). The average Bonchev–Trinajstić information content (AvgIpc) is 2.53. The molecule has 5 heteroatoms. The summed E-state index contributed by atoms with van der Waals surface area (Å²) in [7, 11) is 0.220. The van der Waals surface area contributed by atoms with Crippen molar-refractivity contribution in [3.63, 3.8) is 0 Å². The van der Waals surface area contributed by atoms with E-state index in [0.717, 1.165) is 12.0 Å². The molecule has 1 unspecified atom stereocenters. The highest BCUT2D eigenvalue weighted by Crippen LogP contribution is 2.33. The van der Waals surface area contributed by atoms with Gasteiger partial charge in [-0.2, -0.15) is 4.40 Å². The number of hydrogen-bond donors (Lipinski definition) is 1. The van der Waals surface area contributed by atoms with Crippen molar-refractivity contribution in [2.75, 3.05) is 7.11 Å². The van der Waals surface area contributed by atoms with Crippen LogP contribution in [0, 0.1) is 0 Å². The lowest BCUT2D eigenvalue weighted by Crippen LogP contribution is -2.12. The van der Waals surface area contributed by atoms with Gasteiger partial charge in [0.15, 0.2) is 11.0 Å². The maximum atomic E-state index is 11.5. The van der Waals surface area contributed by atoms with Gasteiger partial charge in [-0.3, -0.25) is 0 Å². The second kappa shape index (κ2) is 3.66. The number of benzene rings is 1. The molecule has 0 fully saturated rings. The van der Waals surface area contributed by atoms with Gasteiger partial charge >= 0.3 is 0 Å². The smallest absolute Gasteiger partial charge is 0.175 e. The summed E-state index contributed by atoms with van der Waals surface area (Å²) in [6.07, 6.45) is 0.844. The van der Waals surface area contributed by atoms with E-state index in [0.29, 0.717) is 22.0 Å². The van der Waals surface area contributed by atoms with Crippen molar-refractivity contribution in [1.29, 1.82) is 0 Å². The molecule has 2 N–H and O–H groups in total. The fourth-order valence-electron chi connectivity index (χ4n) is 1.69. The summed E-state index contributed by atoms with van der Waals surface area (Å²) in [5, 5.41) is 0. The van der Waals surface area contributed by atoms with Crippen LogP contribution < -0.4 is 10.5 Å². The maximum Gasteiger partial charge on any atom is 0.175 e. The van der Waals surface area contributed by atoms with Crippen LogP contribution in [0.1, 0.15) is 18.1 Å². The van der Waals surface area contributed by atoms with Crippen molar-refractivity contribution >= 4 is 16.8 Å². The number of ether oxygens (including phenoxy) is 1. The van der Waals surface area contributed by atoms with Crippen LogP contribution in [-0.2, 0) is 17.4 Å². The number of aryl methyl sites for hydroxylation is 1. The first-order valence-corrected chi connectivity index (χ1v) is 5.76. The number of nitrogens with zero attached hydrogens (tertiary/aromatic N) is 1. The summed E-state index contributed by atoms with van der Waals surface area (Å²) in [5.41, 5.74) is 7.45. The maximum absolute atomic E-state index is 11.5. The molecule has 1 aliphatic rings. The first kappa shape index (κ1) is 10.2. The Morgan fingerprint density at radius 3 is 2.87 bits per heavy atom. The van der Waals surface area contributed by atoms with E-state index in [2.05, 4.69) is 4.40 Å². The molecule has 0 saturated carbocycles. The second-order valence-corrected chi connectivity index (χ2v) is 4.33. The highest BCUT2D eigenvalue weighted by Gasteiger charge is 2.25. The fourth-order valence-corrected chi connectivity index (χ4v) is 2.62. The third-order valence-electron chi connectivity index (χ3n) is 2.41. The molecule has 4 nitrogen and oxygen atoms in total. The normalized spacial score (nSPS) is 18.5. The van der Waals surface area contributed by atoms with Crippen LogP contribution >= 0.6 is 0 Å². The van der Waals surface area contributed by atoms with Crippen molar-refractivity contribution in [3.8, 4) is 5.75 Å². The average molecular weight is 224 g/mol. The van der Waals surface area contributed by atoms with Gasteiger partial charge in [-0.25, -0.2) is 4.21 Å². The first-order chi connectivity index (χ1) is 7.19. The van der Waals surface area contributed by atoms with E-state index >= 15 is 0 Å². The van der Waals surface area contributed by atoms with Gasteiger partial charge in [0.05, 0.1) is 17.6 Å². The lowest BCUT2D eigenvalue weighted by Gasteiger charge is -2.10. The molecule has 0 aromatic heterocycles. The van der Waals surface area contributed by atoms with Gasteiger partial charge in [0.25, 0.3) is 0 Å². The summed E-state index contributed by atoms with van der Waals surface area (Å²) in [4.78, 5) is 0.640. The zero-order valence-corrected chi connectivity index (χ0v) is 9.43. The molecule has 0 aliphatic carbocycles. The van der Waals surface area contributed by atoms with E-state index in [1.807, 2.05) is 13.0 Å². The van der Waals surface area contributed by atoms with Gasteiger partial charge in [-0.15, -0.1) is 0 Å². The zero-order chi connectivity index (χ0) is 11.0. The van der Waals surface area contributed by atoms with Crippen LogP contribution in [0.25, 0.3) is 0 Å². The highest BCUT2D eigenvalue weighted by atomic mass is 32.2. The summed E-state index contributed by atoms with van der Waals surface area (Å²) in [5.74, 6) is 0.998. The molecule has 0 radical (unpaired) electrons. The second-order valence-electron chi connectivity index (χ2n) is 3.21. The Morgan fingerprint density at radius 1 is 1.53 bits per heavy atom. The van der Waals surface area contributed by atoms with E-state index in [1.165, 1.54) is 0 Å². The van der Waals surface area contributed by atoms with Gasteiger partial charge < -0.3 is 10.5 Å². The molecule has 15 heavy (non-hydrogen) atoms. The summed E-state index contributed by atoms with van der Waals surface area (Å²) in [6, 6.07) is 3.71. The topological polar surface area (TPSA) is 64.7 Å². The number of rotatable bonds is 2. The Kier molecular flexibility index (Phi) is 2.48. The van der Waals surface area contributed by atoms with Crippen molar-refractivity contribution in [2.45, 2.75) is 18.2 Å². The van der Waals surface area contributed by atoms with Crippen molar-refractivity contribution in [3.05, 3.63) is 23.3 Å². The zero-order valence-electron chi connectivity index (χ0n) is 8.61. The largest absolute Gasteiger partial charge is 0.496 e. The Labute approximate surface area is 90.7 Å². The third-order valence-corrected chi connectivity index (χ3v) is 3.49. The fraction of sp³-hybridized carbons (Fsp3) is 0.300. The predicted octanol–water partition coefficient (Wildman–Crippen LogP) is 0.999. The van der Waals surface area contributed by atoms with Gasteiger partial charge in [0.1, 0.15) is 11.6 Å². The standard InChI is InChI=1S/C10H12N2O2S/c1-3-6-4-5-7-8(9(6)14-2)10(11)12-15(7)13/h4-5H,3H2,1-2H3,(H2,11,12). The predicted molar refractivity (Wildman–Crippen MR) is 59.5 cm³/mol. The Bertz CT molecular complexity index is 469. The molecule has 0 amide bonds. The van der Waals surface area contributed by atoms with Gasteiger partial charge in [0, 0.05) is 0 Å². The third kappa shape index (κ3) is 1.43. The minimum atomic E-state index is -1.37. The van der Waals surface area contributed by atoms with Crippen LogP contribution in [0.2, 0.25) is 0 Å². The Balaban J connectivity index is 2.71. The summed E-state index contributed by atoms with van der Waals surface area (Å²) < 4.78 is 20.7. The molecule has 80 valence electrons. The minimum Gasteiger partial charge on any atom is -0.496 e. The highest BCUT2D eigenvalue weighted by molar-refractivity contribution is 7.84. The van der Waals surface area contributed by atoms with E-state index in [-0.39, 0.29) is 0 Å². The van der Waals surface area contributed by atoms with Gasteiger partial charge in [-0.05, 0) is 18.1 Å². The molecule has 1 aromatic rings. The summed E-state index contributed by atoms with van der Waals surface area (Å²) in [6.45, 7) is 2.03. The Morgan fingerprint density at radius 2 is 2.27 bits per heavy atom.